The molecule has 8 nitrogen and oxygen atoms in total. The lowest BCUT2D eigenvalue weighted by Gasteiger charge is -2.07. The van der Waals surface area contributed by atoms with Gasteiger partial charge in [0, 0.05) is 17.3 Å². The molecule has 0 fully saturated rings. The molecule has 0 unspecified atom stereocenters. The third-order valence-electron chi connectivity index (χ3n) is 3.63. The van der Waals surface area contributed by atoms with Gasteiger partial charge in [0.05, 0.1) is 4.92 Å². The molecular weight excluding hydrogens is 372 g/mol. The molecule has 3 rings (SSSR count). The van der Waals surface area contributed by atoms with Crippen LogP contribution in [-0.2, 0) is 6.73 Å². The first-order chi connectivity index (χ1) is 12.9. The highest BCUT2D eigenvalue weighted by atomic mass is 35.5. The topological polar surface area (TPSA) is 99.3 Å². The average Bonchev–Trinajstić information content (AvgIpc) is 3.10. The normalized spacial score (nSPS) is 10.4. The number of nitro groups is 1. The van der Waals surface area contributed by atoms with E-state index in [9.17, 15) is 14.9 Å². The smallest absolute Gasteiger partial charge is 0.293 e. The molecular formula is C18H15ClN4O4. The quantitative estimate of drug-likeness (QED) is 0.509. The summed E-state index contributed by atoms with van der Waals surface area (Å²) in [5.41, 5.74) is 0.772. The number of ether oxygens (including phenoxy) is 1. The molecule has 2 aromatic carbocycles. The predicted molar refractivity (Wildman–Crippen MR) is 100 cm³/mol. The van der Waals surface area contributed by atoms with E-state index in [2.05, 4.69) is 10.4 Å². The molecule has 0 aliphatic heterocycles. The number of aromatic nitrogens is 2. The van der Waals surface area contributed by atoms with Crippen LogP contribution in [-0.4, -0.2) is 20.6 Å². The van der Waals surface area contributed by atoms with Crippen molar-refractivity contribution in [1.29, 1.82) is 0 Å². The summed E-state index contributed by atoms with van der Waals surface area (Å²) >= 11 is 5.89. The van der Waals surface area contributed by atoms with Gasteiger partial charge in [-0.05, 0) is 42.8 Å². The number of benzene rings is 2. The molecule has 0 aliphatic rings. The fraction of sp³-hybridized carbons (Fsp3) is 0.111. The van der Waals surface area contributed by atoms with Crippen molar-refractivity contribution in [3.63, 3.8) is 0 Å². The molecule has 1 aromatic heterocycles. The summed E-state index contributed by atoms with van der Waals surface area (Å²) in [7, 11) is 0. The summed E-state index contributed by atoms with van der Waals surface area (Å²) < 4.78 is 6.97. The van der Waals surface area contributed by atoms with Crippen LogP contribution >= 0.6 is 11.6 Å². The minimum Gasteiger partial charge on any atom is -0.471 e. The number of carbonyl (C=O) groups excluding carboxylic acids is 1. The molecule has 1 heterocycles. The van der Waals surface area contributed by atoms with Gasteiger partial charge in [0.1, 0.15) is 11.4 Å². The minimum atomic E-state index is -0.552. The van der Waals surface area contributed by atoms with Gasteiger partial charge in [0.25, 0.3) is 11.6 Å². The first-order valence-electron chi connectivity index (χ1n) is 7.90. The van der Waals surface area contributed by atoms with Crippen LogP contribution in [0, 0.1) is 17.0 Å². The average molecular weight is 387 g/mol. The maximum Gasteiger partial charge on any atom is 0.293 e. The lowest BCUT2D eigenvalue weighted by molar-refractivity contribution is -0.384. The van der Waals surface area contributed by atoms with Crippen LogP contribution in [0.2, 0.25) is 5.02 Å². The van der Waals surface area contributed by atoms with E-state index in [0.29, 0.717) is 10.8 Å². The second-order valence-corrected chi connectivity index (χ2v) is 6.14. The molecule has 138 valence electrons. The molecule has 0 spiro atoms. The Labute approximate surface area is 159 Å². The van der Waals surface area contributed by atoms with Crippen molar-refractivity contribution >= 4 is 28.9 Å². The molecule has 0 radical (unpaired) electrons. The van der Waals surface area contributed by atoms with Gasteiger partial charge < -0.3 is 10.1 Å². The Morgan fingerprint density at radius 2 is 2.11 bits per heavy atom. The third kappa shape index (κ3) is 4.62. The lowest BCUT2D eigenvalue weighted by Crippen LogP contribution is -2.15. The Morgan fingerprint density at radius 3 is 2.85 bits per heavy atom. The predicted octanol–water partition coefficient (Wildman–Crippen LogP) is 4.04. The highest BCUT2D eigenvalue weighted by Gasteiger charge is 2.18. The van der Waals surface area contributed by atoms with Gasteiger partial charge in [0.15, 0.2) is 12.4 Å². The Kier molecular flexibility index (Phi) is 5.37. The Morgan fingerprint density at radius 1 is 1.30 bits per heavy atom. The van der Waals surface area contributed by atoms with Crippen LogP contribution in [0.15, 0.2) is 54.7 Å². The fourth-order valence-corrected chi connectivity index (χ4v) is 2.52. The van der Waals surface area contributed by atoms with Gasteiger partial charge in [-0.25, -0.2) is 4.68 Å². The second kappa shape index (κ2) is 7.88. The van der Waals surface area contributed by atoms with Crippen molar-refractivity contribution in [3.05, 3.63) is 81.1 Å². The highest BCUT2D eigenvalue weighted by Crippen LogP contribution is 2.25. The van der Waals surface area contributed by atoms with Crippen molar-refractivity contribution in [2.45, 2.75) is 13.7 Å². The molecule has 0 saturated carbocycles. The molecule has 27 heavy (non-hydrogen) atoms. The van der Waals surface area contributed by atoms with Gasteiger partial charge in [0.2, 0.25) is 0 Å². The summed E-state index contributed by atoms with van der Waals surface area (Å²) in [6.45, 7) is 1.82. The number of nitrogens with one attached hydrogen (secondary N) is 1. The SMILES string of the molecule is Cc1ccc(NC(=O)c2ccn(COc3cccc(Cl)c3)n2)c([N+](=O)[O-])c1. The molecule has 0 atom stereocenters. The first-order valence-corrected chi connectivity index (χ1v) is 8.28. The minimum absolute atomic E-state index is 0.0816. The molecule has 1 N–H and O–H groups in total. The van der Waals surface area contributed by atoms with E-state index in [-0.39, 0.29) is 23.8 Å². The van der Waals surface area contributed by atoms with E-state index < -0.39 is 10.8 Å². The van der Waals surface area contributed by atoms with Crippen LogP contribution in [0.1, 0.15) is 16.1 Å². The number of hydrogen-bond donors (Lipinski definition) is 1. The monoisotopic (exact) mass is 386 g/mol. The largest absolute Gasteiger partial charge is 0.471 e. The van der Waals surface area contributed by atoms with Crippen LogP contribution in [0.25, 0.3) is 0 Å². The standard InChI is InChI=1S/C18H15ClN4O4/c1-12-5-6-15(17(9-12)23(25)26)20-18(24)16-7-8-22(21-16)11-27-14-4-2-3-13(19)10-14/h2-10H,11H2,1H3,(H,20,24). The number of nitrogens with zero attached hydrogens (tertiary/aromatic N) is 3. The van der Waals surface area contributed by atoms with Crippen LogP contribution < -0.4 is 10.1 Å². The Balaban J connectivity index is 1.68. The first kappa shape index (κ1) is 18.4. The number of aryl methyl sites for hydroxylation is 1. The van der Waals surface area contributed by atoms with Crippen LogP contribution in [0.3, 0.4) is 0 Å². The summed E-state index contributed by atoms with van der Waals surface area (Å²) in [6.07, 6.45) is 1.57. The van der Waals surface area contributed by atoms with E-state index in [4.69, 9.17) is 16.3 Å². The lowest BCUT2D eigenvalue weighted by atomic mass is 10.2. The highest BCUT2D eigenvalue weighted by molar-refractivity contribution is 6.30. The molecule has 9 heteroatoms. The number of carbonyl (C=O) groups is 1. The number of halogens is 1. The van der Waals surface area contributed by atoms with Gasteiger partial charge >= 0.3 is 0 Å². The van der Waals surface area contributed by atoms with Crippen LogP contribution in [0.5, 0.6) is 5.75 Å². The Bertz CT molecular complexity index is 1000. The van der Waals surface area contributed by atoms with Gasteiger partial charge in [-0.15, -0.1) is 0 Å². The van der Waals surface area contributed by atoms with E-state index in [0.717, 1.165) is 5.56 Å². The Hall–Kier alpha value is -3.39. The number of hydrogen-bond acceptors (Lipinski definition) is 5. The zero-order chi connectivity index (χ0) is 19.4. The van der Waals surface area contributed by atoms with Gasteiger partial charge in [-0.1, -0.05) is 23.7 Å². The molecule has 1 amide bonds. The summed E-state index contributed by atoms with van der Waals surface area (Å²) in [4.78, 5) is 22.9. The second-order valence-electron chi connectivity index (χ2n) is 5.70. The molecule has 0 saturated heterocycles. The zero-order valence-electron chi connectivity index (χ0n) is 14.3. The zero-order valence-corrected chi connectivity index (χ0v) is 15.0. The van der Waals surface area contributed by atoms with E-state index in [1.165, 1.54) is 22.9 Å². The number of amides is 1. The van der Waals surface area contributed by atoms with Crippen molar-refractivity contribution in [2.75, 3.05) is 5.32 Å². The van der Waals surface area contributed by atoms with Crippen molar-refractivity contribution in [1.82, 2.24) is 9.78 Å². The van der Waals surface area contributed by atoms with Crippen molar-refractivity contribution in [3.8, 4) is 5.75 Å². The van der Waals surface area contributed by atoms with Gasteiger partial charge in [-0.3, -0.25) is 14.9 Å². The van der Waals surface area contributed by atoms with E-state index in [1.54, 1.807) is 43.5 Å². The summed E-state index contributed by atoms with van der Waals surface area (Å²) in [6, 6.07) is 13.0. The van der Waals surface area contributed by atoms with Crippen molar-refractivity contribution < 1.29 is 14.5 Å². The van der Waals surface area contributed by atoms with E-state index >= 15 is 0 Å². The number of rotatable bonds is 6. The maximum absolute atomic E-state index is 12.3. The third-order valence-corrected chi connectivity index (χ3v) is 3.87. The van der Waals surface area contributed by atoms with Gasteiger partial charge in [-0.2, -0.15) is 5.10 Å². The maximum atomic E-state index is 12.3. The van der Waals surface area contributed by atoms with E-state index in [1.807, 2.05) is 0 Å². The molecule has 0 aliphatic carbocycles. The molecule has 0 bridgehead atoms. The number of nitro benzene ring substituents is 1. The van der Waals surface area contributed by atoms with Crippen LogP contribution in [0.4, 0.5) is 11.4 Å². The summed E-state index contributed by atoms with van der Waals surface area (Å²) in [5, 5.41) is 18.3. The number of anilines is 1. The fourth-order valence-electron chi connectivity index (χ4n) is 2.34. The van der Waals surface area contributed by atoms with Crippen molar-refractivity contribution in [2.24, 2.45) is 0 Å². The molecule has 3 aromatic rings. The summed E-state index contributed by atoms with van der Waals surface area (Å²) in [5.74, 6) is 0.0164.